The van der Waals surface area contributed by atoms with Crippen molar-refractivity contribution in [1.29, 1.82) is 0 Å². The molecule has 0 saturated carbocycles. The lowest BCUT2D eigenvalue weighted by Crippen LogP contribution is -2.44. The summed E-state index contributed by atoms with van der Waals surface area (Å²) in [6.45, 7) is 6.49. The Kier molecular flexibility index (Phi) is 7.83. The molecule has 1 saturated heterocycles. The number of carbonyl (C=O) groups excluding carboxylic acids is 2. The first-order chi connectivity index (χ1) is 16.1. The van der Waals surface area contributed by atoms with Crippen LogP contribution in [0, 0.1) is 0 Å². The fourth-order valence-corrected chi connectivity index (χ4v) is 5.02. The van der Waals surface area contributed by atoms with E-state index >= 15 is 0 Å². The summed E-state index contributed by atoms with van der Waals surface area (Å²) in [4.78, 5) is 31.3. The number of likely N-dealkylation sites (N-methyl/N-ethyl adjacent to an activating group) is 1. The molecule has 34 heavy (non-hydrogen) atoms. The number of hydrogen-bond donors (Lipinski definition) is 0. The monoisotopic (exact) mass is 489 g/mol. The van der Waals surface area contributed by atoms with Gasteiger partial charge in [-0.3, -0.25) is 0 Å². The number of ether oxygens (including phenoxy) is 2. The molecule has 0 N–H and O–H groups in total. The number of esters is 2. The SMILES string of the molecule is COC(=O)C1=C(C(=O)OC)N(c2cc(N3CCN(C)CC3)ccc2S(=O)(=O)C(C)C)C=CC=C1. The molecule has 1 aromatic carbocycles. The van der Waals surface area contributed by atoms with Gasteiger partial charge in [0.25, 0.3) is 0 Å². The second-order valence-corrected chi connectivity index (χ2v) is 10.8. The van der Waals surface area contributed by atoms with Gasteiger partial charge in [0, 0.05) is 38.1 Å². The fourth-order valence-electron chi connectivity index (χ4n) is 3.80. The van der Waals surface area contributed by atoms with E-state index < -0.39 is 27.0 Å². The molecular formula is C24H31N3O6S. The smallest absolute Gasteiger partial charge is 0.355 e. The van der Waals surface area contributed by atoms with Crippen molar-refractivity contribution < 1.29 is 27.5 Å². The number of piperazine rings is 1. The van der Waals surface area contributed by atoms with Gasteiger partial charge in [0.15, 0.2) is 9.84 Å². The summed E-state index contributed by atoms with van der Waals surface area (Å²) >= 11 is 0. The summed E-state index contributed by atoms with van der Waals surface area (Å²) in [6.07, 6.45) is 6.18. The predicted octanol–water partition coefficient (Wildman–Crippen LogP) is 2.11. The van der Waals surface area contributed by atoms with Gasteiger partial charge >= 0.3 is 11.9 Å². The Morgan fingerprint density at radius 2 is 1.62 bits per heavy atom. The average Bonchev–Trinajstić information content (AvgIpc) is 3.06. The van der Waals surface area contributed by atoms with Crippen LogP contribution >= 0.6 is 0 Å². The van der Waals surface area contributed by atoms with Crippen LogP contribution in [0.2, 0.25) is 0 Å². The Labute approximate surface area is 200 Å². The largest absolute Gasteiger partial charge is 0.465 e. The fraction of sp³-hybridized carbons (Fsp3) is 0.417. The minimum absolute atomic E-state index is 0.0442. The molecular weight excluding hydrogens is 458 g/mol. The van der Waals surface area contributed by atoms with Crippen LogP contribution in [0.15, 0.2) is 58.8 Å². The third kappa shape index (κ3) is 5.02. The van der Waals surface area contributed by atoms with Crippen LogP contribution in [0.1, 0.15) is 13.8 Å². The molecule has 2 heterocycles. The Bertz CT molecular complexity index is 1150. The van der Waals surface area contributed by atoms with Gasteiger partial charge in [0.1, 0.15) is 5.70 Å². The molecule has 0 aromatic heterocycles. The van der Waals surface area contributed by atoms with E-state index in [1.807, 2.05) is 0 Å². The maximum atomic E-state index is 13.3. The molecule has 1 fully saturated rings. The van der Waals surface area contributed by atoms with Gasteiger partial charge in [0.2, 0.25) is 0 Å². The number of rotatable bonds is 6. The third-order valence-electron chi connectivity index (χ3n) is 5.89. The van der Waals surface area contributed by atoms with Crippen molar-refractivity contribution >= 4 is 33.2 Å². The lowest BCUT2D eigenvalue weighted by molar-refractivity contribution is -0.139. The quantitative estimate of drug-likeness (QED) is 0.557. The summed E-state index contributed by atoms with van der Waals surface area (Å²) in [7, 11) is 0.729. The first kappa shape index (κ1) is 25.5. The summed E-state index contributed by atoms with van der Waals surface area (Å²) in [6, 6.07) is 5.10. The van der Waals surface area contributed by atoms with E-state index in [1.54, 1.807) is 50.4 Å². The van der Waals surface area contributed by atoms with E-state index in [4.69, 9.17) is 9.47 Å². The van der Waals surface area contributed by atoms with Crippen molar-refractivity contribution in [3.63, 3.8) is 0 Å². The van der Waals surface area contributed by atoms with Gasteiger partial charge in [-0.15, -0.1) is 0 Å². The van der Waals surface area contributed by atoms with Crippen LogP contribution in [0.25, 0.3) is 0 Å². The third-order valence-corrected chi connectivity index (χ3v) is 8.09. The molecule has 0 atom stereocenters. The van der Waals surface area contributed by atoms with E-state index in [0.717, 1.165) is 31.9 Å². The van der Waals surface area contributed by atoms with E-state index in [-0.39, 0.29) is 21.9 Å². The van der Waals surface area contributed by atoms with E-state index in [1.165, 1.54) is 25.2 Å². The van der Waals surface area contributed by atoms with Crippen LogP contribution < -0.4 is 9.80 Å². The summed E-state index contributed by atoms with van der Waals surface area (Å²) in [5.74, 6) is -1.54. The highest BCUT2D eigenvalue weighted by Gasteiger charge is 2.32. The summed E-state index contributed by atoms with van der Waals surface area (Å²) in [5, 5.41) is -0.694. The molecule has 2 aliphatic rings. The zero-order valence-corrected chi connectivity index (χ0v) is 21.0. The van der Waals surface area contributed by atoms with E-state index in [9.17, 15) is 18.0 Å². The number of benzene rings is 1. The first-order valence-electron chi connectivity index (χ1n) is 11.0. The molecule has 0 unspecified atom stereocenters. The second kappa shape index (κ2) is 10.4. The number of nitrogens with zero attached hydrogens (tertiary/aromatic N) is 3. The number of methoxy groups -OCH3 is 2. The summed E-state index contributed by atoms with van der Waals surface area (Å²) in [5.41, 5.74) is 0.902. The van der Waals surface area contributed by atoms with Gasteiger partial charge in [-0.25, -0.2) is 18.0 Å². The molecule has 10 heteroatoms. The Morgan fingerprint density at radius 1 is 0.971 bits per heavy atom. The van der Waals surface area contributed by atoms with Gasteiger partial charge < -0.3 is 24.2 Å². The predicted molar refractivity (Wildman–Crippen MR) is 130 cm³/mol. The average molecular weight is 490 g/mol. The number of anilines is 2. The van der Waals surface area contributed by atoms with Gasteiger partial charge in [-0.2, -0.15) is 0 Å². The van der Waals surface area contributed by atoms with Crippen molar-refractivity contribution in [3.8, 4) is 0 Å². The van der Waals surface area contributed by atoms with Crippen molar-refractivity contribution in [2.75, 3.05) is 57.2 Å². The lowest BCUT2D eigenvalue weighted by Gasteiger charge is -2.35. The van der Waals surface area contributed by atoms with Crippen LogP contribution in [0.5, 0.6) is 0 Å². The van der Waals surface area contributed by atoms with Crippen molar-refractivity contribution in [2.24, 2.45) is 0 Å². The minimum Gasteiger partial charge on any atom is -0.465 e. The highest BCUT2D eigenvalue weighted by atomic mass is 32.2. The van der Waals surface area contributed by atoms with Gasteiger partial charge in [-0.05, 0) is 51.2 Å². The zero-order valence-electron chi connectivity index (χ0n) is 20.1. The Balaban J connectivity index is 2.27. The molecule has 0 aliphatic carbocycles. The standard InChI is InChI=1S/C24H31N3O6S/c1-17(2)34(30,31)21-10-9-18(26-14-12-25(3)13-15-26)16-20(21)27-11-7-6-8-19(23(28)32-4)22(27)24(29)33-5/h6-11,16-17H,12-15H2,1-5H3. The van der Waals surface area contributed by atoms with E-state index in [2.05, 4.69) is 16.8 Å². The number of hydrogen-bond acceptors (Lipinski definition) is 9. The van der Waals surface area contributed by atoms with Crippen LogP contribution in [0.3, 0.4) is 0 Å². The molecule has 0 bridgehead atoms. The van der Waals surface area contributed by atoms with Crippen LogP contribution in [-0.2, 0) is 28.9 Å². The van der Waals surface area contributed by atoms with Crippen LogP contribution in [-0.4, -0.2) is 78.0 Å². The van der Waals surface area contributed by atoms with Crippen molar-refractivity contribution in [2.45, 2.75) is 24.0 Å². The number of allylic oxidation sites excluding steroid dienone is 2. The Morgan fingerprint density at radius 3 is 2.21 bits per heavy atom. The topological polar surface area (TPSA) is 96.5 Å². The highest BCUT2D eigenvalue weighted by molar-refractivity contribution is 7.92. The minimum atomic E-state index is -3.74. The highest BCUT2D eigenvalue weighted by Crippen LogP contribution is 2.36. The molecule has 2 aliphatic heterocycles. The molecule has 3 rings (SSSR count). The normalized spacial score (nSPS) is 17.2. The van der Waals surface area contributed by atoms with Gasteiger partial charge in [-0.1, -0.05) is 6.08 Å². The van der Waals surface area contributed by atoms with Gasteiger partial charge in [0.05, 0.1) is 35.6 Å². The summed E-state index contributed by atoms with van der Waals surface area (Å²) < 4.78 is 36.5. The molecule has 9 nitrogen and oxygen atoms in total. The lowest BCUT2D eigenvalue weighted by atomic mass is 10.1. The Hall–Kier alpha value is -3.11. The maximum Gasteiger partial charge on any atom is 0.355 e. The number of sulfone groups is 1. The molecule has 1 aromatic rings. The molecule has 0 amide bonds. The molecule has 184 valence electrons. The van der Waals surface area contributed by atoms with E-state index in [0.29, 0.717) is 0 Å². The second-order valence-electron chi connectivity index (χ2n) is 8.35. The van der Waals surface area contributed by atoms with Crippen molar-refractivity contribution in [3.05, 3.63) is 53.9 Å². The molecule has 0 spiro atoms. The van der Waals surface area contributed by atoms with Crippen molar-refractivity contribution in [1.82, 2.24) is 4.90 Å². The zero-order chi connectivity index (χ0) is 25.0. The number of carbonyl (C=O) groups is 2. The molecule has 0 radical (unpaired) electrons. The van der Waals surface area contributed by atoms with Crippen LogP contribution in [0.4, 0.5) is 11.4 Å². The maximum absolute atomic E-state index is 13.3. The first-order valence-corrected chi connectivity index (χ1v) is 12.5.